The van der Waals surface area contributed by atoms with Crippen molar-refractivity contribution in [1.29, 1.82) is 0 Å². The molecule has 0 aromatic heterocycles. The van der Waals surface area contributed by atoms with Crippen LogP contribution < -0.4 is 0 Å². The minimum atomic E-state index is -1.47. The van der Waals surface area contributed by atoms with Crippen molar-refractivity contribution in [2.75, 3.05) is 13.2 Å². The van der Waals surface area contributed by atoms with E-state index in [9.17, 15) is 30.3 Å². The molecular weight excluding hydrogens is 456 g/mol. The smallest absolute Gasteiger partial charge is 0.334 e. The van der Waals surface area contributed by atoms with Crippen LogP contribution in [0.25, 0.3) is 0 Å². The van der Waals surface area contributed by atoms with Gasteiger partial charge < -0.3 is 39.7 Å². The van der Waals surface area contributed by atoms with Crippen molar-refractivity contribution in [2.24, 2.45) is 16.7 Å². The van der Waals surface area contributed by atoms with E-state index in [1.807, 2.05) is 0 Å². The molecule has 5 rings (SSSR count). The Morgan fingerprint density at radius 1 is 1.09 bits per heavy atom. The van der Waals surface area contributed by atoms with Gasteiger partial charge in [-0.25, -0.2) is 4.79 Å². The summed E-state index contributed by atoms with van der Waals surface area (Å²) in [4.78, 5) is 12.2. The van der Waals surface area contributed by atoms with E-state index in [-0.39, 0.29) is 29.3 Å². The van der Waals surface area contributed by atoms with Gasteiger partial charge in [-0.2, -0.15) is 0 Å². The molecule has 2 fully saturated rings. The van der Waals surface area contributed by atoms with Crippen molar-refractivity contribution >= 4 is 5.97 Å². The van der Waals surface area contributed by atoms with Crippen molar-refractivity contribution in [2.45, 2.75) is 102 Å². The number of carbonyl (C=O) groups is 1. The maximum absolute atomic E-state index is 12.2. The zero-order chi connectivity index (χ0) is 25.3. The van der Waals surface area contributed by atoms with Crippen LogP contribution in [0.3, 0.4) is 0 Å². The predicted octanol–water partition coefficient (Wildman–Crippen LogP) is 0.712. The van der Waals surface area contributed by atoms with Gasteiger partial charge in [0, 0.05) is 17.6 Å². The van der Waals surface area contributed by atoms with Gasteiger partial charge in [0.15, 0.2) is 6.29 Å². The number of esters is 1. The van der Waals surface area contributed by atoms with Crippen LogP contribution in [0.4, 0.5) is 0 Å². The van der Waals surface area contributed by atoms with Crippen molar-refractivity contribution in [3.8, 4) is 0 Å². The molecule has 9 nitrogen and oxygen atoms in total. The van der Waals surface area contributed by atoms with Crippen molar-refractivity contribution in [3.05, 3.63) is 22.3 Å². The number of hydrogen-bond donors (Lipinski definition) is 5. The molecule has 0 radical (unpaired) electrons. The van der Waals surface area contributed by atoms with Gasteiger partial charge in [-0.15, -0.1) is 0 Å². The van der Waals surface area contributed by atoms with Crippen LogP contribution >= 0.6 is 0 Å². The topological polar surface area (TPSA) is 146 Å². The molecule has 0 aromatic rings. The molecule has 1 saturated carbocycles. The summed E-state index contributed by atoms with van der Waals surface area (Å²) < 4.78 is 17.2. The van der Waals surface area contributed by atoms with Gasteiger partial charge in [0.25, 0.3) is 0 Å². The lowest BCUT2D eigenvalue weighted by atomic mass is 9.48. The second kappa shape index (κ2) is 8.90. The SMILES string of the molecule is CC1=C2[C@@H](O)C3=C(C[C@H]2OC1=O)[C@]1(C)CCC[C@@](C)(CO[C@@H]2O[C@H](CO)[C@@H](O)[C@H](O)[C@H]2O)[C@H]1CC3. The van der Waals surface area contributed by atoms with Crippen LogP contribution in [0.2, 0.25) is 0 Å². The molecule has 3 aliphatic carbocycles. The average Bonchev–Trinajstić information content (AvgIpc) is 3.11. The van der Waals surface area contributed by atoms with E-state index in [4.69, 9.17) is 14.2 Å². The van der Waals surface area contributed by atoms with Gasteiger partial charge in [-0.3, -0.25) is 0 Å². The maximum Gasteiger partial charge on any atom is 0.334 e. The predicted molar refractivity (Wildman–Crippen MR) is 123 cm³/mol. The first-order valence-corrected chi connectivity index (χ1v) is 12.8. The van der Waals surface area contributed by atoms with Crippen molar-refractivity contribution in [3.63, 3.8) is 0 Å². The Bertz CT molecular complexity index is 941. The lowest BCUT2D eigenvalue weighted by Crippen LogP contribution is -2.60. The second-order valence-electron chi connectivity index (χ2n) is 11.6. The highest BCUT2D eigenvalue weighted by Gasteiger charge is 2.56. The second-order valence-corrected chi connectivity index (χ2v) is 11.6. The number of rotatable bonds is 4. The van der Waals surface area contributed by atoms with Crippen LogP contribution in [-0.4, -0.2) is 87.6 Å². The first-order chi connectivity index (χ1) is 16.5. The minimum absolute atomic E-state index is 0.186. The molecule has 2 heterocycles. The molecule has 5 aliphatic rings. The third-order valence-corrected chi connectivity index (χ3v) is 9.61. The Hall–Kier alpha value is -1.33. The summed E-state index contributed by atoms with van der Waals surface area (Å²) in [5, 5.41) is 51.3. The molecule has 196 valence electrons. The number of aliphatic hydroxyl groups is 5. The molecule has 0 aromatic carbocycles. The monoisotopic (exact) mass is 494 g/mol. The van der Waals surface area contributed by atoms with Crippen molar-refractivity contribution < 1.29 is 44.5 Å². The minimum Gasteiger partial charge on any atom is -0.454 e. The lowest BCUT2D eigenvalue weighted by molar-refractivity contribution is -0.308. The van der Waals surface area contributed by atoms with Gasteiger partial charge in [0.1, 0.15) is 36.6 Å². The quantitative estimate of drug-likeness (QED) is 0.282. The summed E-state index contributed by atoms with van der Waals surface area (Å²) in [7, 11) is 0. The van der Waals surface area contributed by atoms with Gasteiger partial charge in [0.05, 0.1) is 13.2 Å². The molecule has 0 bridgehead atoms. The van der Waals surface area contributed by atoms with Gasteiger partial charge in [0.2, 0.25) is 0 Å². The molecule has 35 heavy (non-hydrogen) atoms. The summed E-state index contributed by atoms with van der Waals surface area (Å²) in [5.74, 6) is -0.102. The number of ether oxygens (including phenoxy) is 3. The molecule has 0 amide bonds. The molecule has 10 atom stereocenters. The number of aliphatic hydroxyl groups excluding tert-OH is 5. The first kappa shape index (κ1) is 25.3. The molecule has 2 aliphatic heterocycles. The fourth-order valence-electron chi connectivity index (χ4n) is 7.69. The van der Waals surface area contributed by atoms with Crippen molar-refractivity contribution in [1.82, 2.24) is 0 Å². The highest BCUT2D eigenvalue weighted by Crippen LogP contribution is 2.62. The maximum atomic E-state index is 12.2. The molecular formula is C26H38O9. The normalized spacial score (nSPS) is 47.8. The lowest BCUT2D eigenvalue weighted by Gasteiger charge is -2.58. The fraction of sp³-hybridized carbons (Fsp3) is 0.808. The van der Waals surface area contributed by atoms with E-state index in [0.717, 1.165) is 43.3 Å². The molecule has 9 heteroatoms. The third kappa shape index (κ3) is 3.82. The highest BCUT2D eigenvalue weighted by atomic mass is 16.7. The molecule has 1 saturated heterocycles. The Labute approximate surface area is 205 Å². The van der Waals surface area contributed by atoms with Gasteiger partial charge in [-0.05, 0) is 54.9 Å². The third-order valence-electron chi connectivity index (χ3n) is 9.61. The van der Waals surface area contributed by atoms with Crippen LogP contribution in [-0.2, 0) is 19.0 Å². The molecule has 0 unspecified atom stereocenters. The first-order valence-electron chi connectivity index (χ1n) is 12.8. The van der Waals surface area contributed by atoms with Crippen LogP contribution in [0.15, 0.2) is 22.3 Å². The average molecular weight is 495 g/mol. The Kier molecular flexibility index (Phi) is 6.44. The van der Waals surface area contributed by atoms with Gasteiger partial charge >= 0.3 is 5.97 Å². The zero-order valence-electron chi connectivity index (χ0n) is 20.6. The van der Waals surface area contributed by atoms with Crippen LogP contribution in [0, 0.1) is 16.7 Å². The Morgan fingerprint density at radius 2 is 1.83 bits per heavy atom. The van der Waals surface area contributed by atoms with Gasteiger partial charge in [-0.1, -0.05) is 25.8 Å². The Balaban J connectivity index is 1.37. The van der Waals surface area contributed by atoms with Crippen LogP contribution in [0.5, 0.6) is 0 Å². The van der Waals surface area contributed by atoms with E-state index >= 15 is 0 Å². The van der Waals surface area contributed by atoms with E-state index in [1.54, 1.807) is 6.92 Å². The standard InChI is InChI=1S/C26H38O9/c1-12-18-15(34-23(12)32)9-14-13(19(18)28)5-6-17-25(2,7-4-8-26(14,17)3)11-33-24-22(31)21(30)20(29)16(10-27)35-24/h15-17,19-22,24,27-31H,4-11H2,1-3H3/t15-,16-,17-,19+,20-,21+,22-,24-,25+,26+/m1/s1. The Morgan fingerprint density at radius 3 is 2.54 bits per heavy atom. The summed E-state index contributed by atoms with van der Waals surface area (Å²) in [6.07, 6.45) is -2.58. The molecule has 5 N–H and O–H groups in total. The summed E-state index contributed by atoms with van der Waals surface area (Å²) >= 11 is 0. The van der Waals surface area contributed by atoms with E-state index in [2.05, 4.69) is 13.8 Å². The van der Waals surface area contributed by atoms with E-state index < -0.39 is 49.5 Å². The van der Waals surface area contributed by atoms with E-state index in [1.165, 1.54) is 5.57 Å². The fourth-order valence-corrected chi connectivity index (χ4v) is 7.69. The zero-order valence-corrected chi connectivity index (χ0v) is 20.6. The molecule has 0 spiro atoms. The number of carbonyl (C=O) groups excluding carboxylic acids is 1. The summed E-state index contributed by atoms with van der Waals surface area (Å²) in [5.41, 5.74) is 3.05. The van der Waals surface area contributed by atoms with E-state index in [0.29, 0.717) is 12.0 Å². The number of hydrogen-bond acceptors (Lipinski definition) is 9. The largest absolute Gasteiger partial charge is 0.454 e. The summed E-state index contributed by atoms with van der Waals surface area (Å²) in [6, 6.07) is 0. The highest BCUT2D eigenvalue weighted by molar-refractivity contribution is 5.92. The summed E-state index contributed by atoms with van der Waals surface area (Å²) in [6.45, 7) is 5.94. The number of fused-ring (bicyclic) bond motifs is 3. The van der Waals surface area contributed by atoms with Crippen LogP contribution in [0.1, 0.15) is 59.3 Å².